The quantitative estimate of drug-likeness (QED) is 0.461. The SMILES string of the molecule is CCCn1ccn(Cc2ccc(C(=O)NN)o2)c1=O. The van der Waals surface area contributed by atoms with Crippen LogP contribution in [0.5, 0.6) is 0 Å². The number of aryl methyl sites for hydroxylation is 1. The Kier molecular flexibility index (Phi) is 3.86. The minimum Gasteiger partial charge on any atom is -0.454 e. The molecular weight excluding hydrogens is 248 g/mol. The zero-order valence-corrected chi connectivity index (χ0v) is 10.6. The average molecular weight is 264 g/mol. The molecule has 0 saturated carbocycles. The Morgan fingerprint density at radius 2 is 2.11 bits per heavy atom. The highest BCUT2D eigenvalue weighted by Crippen LogP contribution is 2.08. The maximum atomic E-state index is 11.9. The Hall–Kier alpha value is -2.28. The van der Waals surface area contributed by atoms with Gasteiger partial charge >= 0.3 is 11.6 Å². The second kappa shape index (κ2) is 5.57. The van der Waals surface area contributed by atoms with Crippen LogP contribution in [0.3, 0.4) is 0 Å². The smallest absolute Gasteiger partial charge is 0.328 e. The number of hydrogen-bond acceptors (Lipinski definition) is 4. The van der Waals surface area contributed by atoms with Crippen molar-refractivity contribution in [3.05, 3.63) is 46.5 Å². The summed E-state index contributed by atoms with van der Waals surface area (Å²) < 4.78 is 8.47. The van der Waals surface area contributed by atoms with Gasteiger partial charge in [-0.05, 0) is 18.6 Å². The standard InChI is InChI=1S/C12H16N4O3/c1-2-5-15-6-7-16(12(15)18)8-9-3-4-10(19-9)11(17)14-13/h3-4,6-7H,2,5,8,13H2,1H3,(H,14,17). The molecule has 0 aliphatic rings. The number of nitrogens with one attached hydrogen (secondary N) is 1. The average Bonchev–Trinajstić information content (AvgIpc) is 3.00. The van der Waals surface area contributed by atoms with E-state index in [1.54, 1.807) is 23.0 Å². The van der Waals surface area contributed by atoms with Gasteiger partial charge in [-0.15, -0.1) is 0 Å². The zero-order valence-electron chi connectivity index (χ0n) is 10.6. The van der Waals surface area contributed by atoms with E-state index < -0.39 is 5.91 Å². The first-order valence-electron chi connectivity index (χ1n) is 6.01. The topological polar surface area (TPSA) is 95.2 Å². The van der Waals surface area contributed by atoms with Gasteiger partial charge in [0.1, 0.15) is 5.76 Å². The van der Waals surface area contributed by atoms with E-state index >= 15 is 0 Å². The number of hydrogen-bond donors (Lipinski definition) is 2. The summed E-state index contributed by atoms with van der Waals surface area (Å²) in [7, 11) is 0. The Morgan fingerprint density at radius 3 is 2.79 bits per heavy atom. The van der Waals surface area contributed by atoms with Crippen molar-refractivity contribution in [3.63, 3.8) is 0 Å². The maximum Gasteiger partial charge on any atom is 0.328 e. The molecule has 7 heteroatoms. The highest BCUT2D eigenvalue weighted by atomic mass is 16.4. The predicted molar refractivity (Wildman–Crippen MR) is 68.4 cm³/mol. The van der Waals surface area contributed by atoms with Gasteiger partial charge < -0.3 is 4.42 Å². The van der Waals surface area contributed by atoms with Gasteiger partial charge in [-0.2, -0.15) is 0 Å². The number of rotatable bonds is 5. The van der Waals surface area contributed by atoms with E-state index in [-0.39, 0.29) is 18.0 Å². The molecule has 102 valence electrons. The van der Waals surface area contributed by atoms with Crippen molar-refractivity contribution in [1.82, 2.24) is 14.6 Å². The van der Waals surface area contributed by atoms with Gasteiger partial charge in [-0.3, -0.25) is 19.4 Å². The van der Waals surface area contributed by atoms with E-state index in [0.29, 0.717) is 12.3 Å². The van der Waals surface area contributed by atoms with E-state index in [1.165, 1.54) is 10.6 Å². The molecule has 0 spiro atoms. The molecule has 0 aliphatic carbocycles. The molecule has 2 aromatic rings. The van der Waals surface area contributed by atoms with Crippen LogP contribution in [0.2, 0.25) is 0 Å². The van der Waals surface area contributed by atoms with Gasteiger partial charge in [0.2, 0.25) is 0 Å². The number of hydrazine groups is 1. The molecule has 7 nitrogen and oxygen atoms in total. The molecule has 0 aliphatic heterocycles. The summed E-state index contributed by atoms with van der Waals surface area (Å²) in [6, 6.07) is 3.17. The van der Waals surface area contributed by atoms with Crippen LogP contribution in [0.4, 0.5) is 0 Å². The highest BCUT2D eigenvalue weighted by molar-refractivity contribution is 5.90. The first-order chi connectivity index (χ1) is 9.15. The Morgan fingerprint density at radius 1 is 1.37 bits per heavy atom. The fraction of sp³-hybridized carbons (Fsp3) is 0.333. The number of imidazole rings is 1. The molecule has 0 unspecified atom stereocenters. The van der Waals surface area contributed by atoms with Gasteiger partial charge in [-0.25, -0.2) is 10.6 Å². The van der Waals surface area contributed by atoms with Crippen LogP contribution < -0.4 is 17.0 Å². The predicted octanol–water partition coefficient (Wildman–Crippen LogP) is 0.305. The zero-order chi connectivity index (χ0) is 13.8. The summed E-state index contributed by atoms with van der Waals surface area (Å²) >= 11 is 0. The molecule has 0 fully saturated rings. The molecule has 2 heterocycles. The van der Waals surface area contributed by atoms with E-state index in [0.717, 1.165) is 6.42 Å². The van der Waals surface area contributed by atoms with Crippen molar-refractivity contribution in [2.75, 3.05) is 0 Å². The fourth-order valence-corrected chi connectivity index (χ4v) is 1.81. The molecule has 1 amide bonds. The molecule has 2 rings (SSSR count). The van der Waals surface area contributed by atoms with Gasteiger partial charge in [0, 0.05) is 18.9 Å². The maximum absolute atomic E-state index is 11.9. The number of nitrogens with two attached hydrogens (primary N) is 1. The number of nitrogens with zero attached hydrogens (tertiary/aromatic N) is 2. The van der Waals surface area contributed by atoms with Crippen molar-refractivity contribution >= 4 is 5.91 Å². The summed E-state index contributed by atoms with van der Waals surface area (Å²) in [6.45, 7) is 2.98. The summed E-state index contributed by atoms with van der Waals surface area (Å²) in [6.07, 6.45) is 4.33. The lowest BCUT2D eigenvalue weighted by Crippen LogP contribution is -2.29. The Balaban J connectivity index is 2.15. The molecular formula is C12H16N4O3. The fourth-order valence-electron chi connectivity index (χ4n) is 1.81. The molecule has 0 bridgehead atoms. The van der Waals surface area contributed by atoms with Gasteiger partial charge in [-0.1, -0.05) is 6.92 Å². The van der Waals surface area contributed by atoms with Crippen LogP contribution in [0, 0.1) is 0 Å². The number of carbonyl (C=O) groups is 1. The normalized spacial score (nSPS) is 10.6. The van der Waals surface area contributed by atoms with Crippen LogP contribution in [0.15, 0.2) is 33.7 Å². The number of carbonyl (C=O) groups excluding carboxylic acids is 1. The molecule has 0 atom stereocenters. The third kappa shape index (κ3) is 2.76. The van der Waals surface area contributed by atoms with Crippen molar-refractivity contribution in [2.45, 2.75) is 26.4 Å². The van der Waals surface area contributed by atoms with Crippen molar-refractivity contribution in [2.24, 2.45) is 5.84 Å². The summed E-state index contributed by atoms with van der Waals surface area (Å²) in [5.74, 6) is 5.16. The van der Waals surface area contributed by atoms with Crippen LogP contribution in [-0.4, -0.2) is 15.0 Å². The summed E-state index contributed by atoms with van der Waals surface area (Å²) in [4.78, 5) is 23.2. The van der Waals surface area contributed by atoms with Crippen molar-refractivity contribution in [3.8, 4) is 0 Å². The number of nitrogen functional groups attached to an aromatic ring is 1. The summed E-state index contributed by atoms with van der Waals surface area (Å²) in [5, 5.41) is 0. The molecule has 3 N–H and O–H groups in total. The van der Waals surface area contributed by atoms with E-state index in [4.69, 9.17) is 10.3 Å². The minimum atomic E-state index is -0.498. The second-order valence-electron chi connectivity index (χ2n) is 4.14. The third-order valence-corrected chi connectivity index (χ3v) is 2.73. The number of amides is 1. The van der Waals surface area contributed by atoms with Gasteiger partial charge in [0.15, 0.2) is 5.76 Å². The van der Waals surface area contributed by atoms with Gasteiger partial charge in [0.05, 0.1) is 6.54 Å². The Bertz CT molecular complexity index is 623. The van der Waals surface area contributed by atoms with Crippen LogP contribution in [-0.2, 0) is 13.1 Å². The molecule has 0 radical (unpaired) electrons. The lowest BCUT2D eigenvalue weighted by Gasteiger charge is -1.99. The molecule has 2 aromatic heterocycles. The lowest BCUT2D eigenvalue weighted by atomic mass is 10.4. The van der Waals surface area contributed by atoms with Crippen molar-refractivity contribution in [1.29, 1.82) is 0 Å². The highest BCUT2D eigenvalue weighted by Gasteiger charge is 2.11. The van der Waals surface area contributed by atoms with Gasteiger partial charge in [0.25, 0.3) is 0 Å². The van der Waals surface area contributed by atoms with E-state index in [9.17, 15) is 9.59 Å². The molecule has 0 saturated heterocycles. The first-order valence-corrected chi connectivity index (χ1v) is 6.01. The largest absolute Gasteiger partial charge is 0.454 e. The third-order valence-electron chi connectivity index (χ3n) is 2.73. The van der Waals surface area contributed by atoms with Crippen molar-refractivity contribution < 1.29 is 9.21 Å². The second-order valence-corrected chi connectivity index (χ2v) is 4.14. The minimum absolute atomic E-state index is 0.0944. The molecule has 0 aromatic carbocycles. The Labute approximate surface area is 109 Å². The van der Waals surface area contributed by atoms with Crippen LogP contribution in [0.25, 0.3) is 0 Å². The number of furan rings is 1. The van der Waals surface area contributed by atoms with Crippen LogP contribution in [0.1, 0.15) is 29.7 Å². The summed E-state index contributed by atoms with van der Waals surface area (Å²) in [5.41, 5.74) is 1.89. The van der Waals surface area contributed by atoms with E-state index in [2.05, 4.69) is 0 Å². The van der Waals surface area contributed by atoms with E-state index in [1.807, 2.05) is 12.3 Å². The van der Waals surface area contributed by atoms with Crippen LogP contribution >= 0.6 is 0 Å². The first kappa shape index (κ1) is 13.2. The lowest BCUT2D eigenvalue weighted by molar-refractivity contribution is 0.0924. The monoisotopic (exact) mass is 264 g/mol. The molecule has 19 heavy (non-hydrogen) atoms. The number of aromatic nitrogens is 2.